The van der Waals surface area contributed by atoms with E-state index in [1.807, 2.05) is 82.2 Å². The van der Waals surface area contributed by atoms with Gasteiger partial charge >= 0.3 is 6.09 Å². The average Bonchev–Trinajstić information content (AvgIpc) is 2.65. The lowest BCUT2D eigenvalue weighted by Crippen LogP contribution is -2.35. The van der Waals surface area contributed by atoms with Crippen molar-refractivity contribution in [3.05, 3.63) is 71.3 Å². The second kappa shape index (κ2) is 10.1. The monoisotopic (exact) mass is 397 g/mol. The van der Waals surface area contributed by atoms with Crippen molar-refractivity contribution in [2.45, 2.75) is 39.0 Å². The summed E-state index contributed by atoms with van der Waals surface area (Å²) in [5.74, 6) is -0.132. The molecule has 0 bridgehead atoms. The molecule has 0 aliphatic carbocycles. The average molecular weight is 398 g/mol. The zero-order valence-electron chi connectivity index (χ0n) is 17.9. The number of alkyl carbamates (subject to hydrolysis) is 1. The van der Waals surface area contributed by atoms with Crippen LogP contribution in [0.3, 0.4) is 0 Å². The molecule has 1 atom stereocenters. The van der Waals surface area contributed by atoms with E-state index >= 15 is 0 Å². The van der Waals surface area contributed by atoms with Gasteiger partial charge in [0.1, 0.15) is 5.60 Å². The molecule has 0 aliphatic heterocycles. The van der Waals surface area contributed by atoms with E-state index in [1.165, 1.54) is 0 Å². The van der Waals surface area contributed by atoms with Crippen LogP contribution < -0.4 is 10.6 Å². The molecule has 29 heavy (non-hydrogen) atoms. The van der Waals surface area contributed by atoms with E-state index in [0.29, 0.717) is 18.7 Å². The fourth-order valence-corrected chi connectivity index (χ4v) is 2.79. The highest BCUT2D eigenvalue weighted by atomic mass is 16.6. The van der Waals surface area contributed by atoms with Crippen molar-refractivity contribution in [3.8, 4) is 0 Å². The summed E-state index contributed by atoms with van der Waals surface area (Å²) in [5.41, 5.74) is 1.99. The van der Waals surface area contributed by atoms with Gasteiger partial charge in [0, 0.05) is 18.7 Å². The molecule has 2 rings (SSSR count). The minimum absolute atomic E-state index is 0.104. The molecule has 0 saturated heterocycles. The van der Waals surface area contributed by atoms with E-state index in [2.05, 4.69) is 10.6 Å². The maximum Gasteiger partial charge on any atom is 0.407 e. The van der Waals surface area contributed by atoms with Crippen LogP contribution in [0.25, 0.3) is 0 Å². The molecule has 0 heterocycles. The number of amides is 2. The van der Waals surface area contributed by atoms with Crippen LogP contribution in [0.5, 0.6) is 0 Å². The van der Waals surface area contributed by atoms with Gasteiger partial charge in [-0.25, -0.2) is 4.79 Å². The summed E-state index contributed by atoms with van der Waals surface area (Å²) in [7, 11) is 3.96. The molecule has 0 spiro atoms. The fraction of sp³-hybridized carbons (Fsp3) is 0.391. The Morgan fingerprint density at radius 1 is 1.00 bits per heavy atom. The Labute approximate surface area is 173 Å². The van der Waals surface area contributed by atoms with E-state index in [1.54, 1.807) is 12.1 Å². The van der Waals surface area contributed by atoms with Crippen LogP contribution in [0, 0.1) is 0 Å². The minimum Gasteiger partial charge on any atom is -0.444 e. The molecule has 6 heteroatoms. The standard InChI is InChI=1S/C23H31N3O3/c1-23(2,3)29-22(28)24-15-17-11-13-19(14-12-17)21(27)25-20(16-26(4)5)18-9-7-6-8-10-18/h6-14,20H,15-16H2,1-5H3,(H,24,28)(H,25,27)/t20-/m1/s1. The Bertz CT molecular complexity index is 796. The van der Waals surface area contributed by atoms with Gasteiger partial charge in [-0.15, -0.1) is 0 Å². The van der Waals surface area contributed by atoms with Crippen LogP contribution in [0.4, 0.5) is 4.79 Å². The Morgan fingerprint density at radius 2 is 1.62 bits per heavy atom. The van der Waals surface area contributed by atoms with E-state index in [4.69, 9.17) is 4.74 Å². The second-order valence-electron chi connectivity index (χ2n) is 8.25. The number of nitrogens with one attached hydrogen (secondary N) is 2. The maximum atomic E-state index is 12.7. The van der Waals surface area contributed by atoms with Crippen molar-refractivity contribution in [1.82, 2.24) is 15.5 Å². The van der Waals surface area contributed by atoms with Crippen LogP contribution in [0.1, 0.15) is 48.3 Å². The first-order chi connectivity index (χ1) is 13.6. The molecule has 0 fully saturated rings. The lowest BCUT2D eigenvalue weighted by Gasteiger charge is -2.23. The molecule has 0 aliphatic rings. The molecule has 2 aromatic carbocycles. The van der Waals surface area contributed by atoms with Crippen LogP contribution >= 0.6 is 0 Å². The third-order valence-electron chi connectivity index (χ3n) is 4.11. The molecule has 2 N–H and O–H groups in total. The number of nitrogens with zero attached hydrogens (tertiary/aromatic N) is 1. The largest absolute Gasteiger partial charge is 0.444 e. The molecule has 0 saturated carbocycles. The van der Waals surface area contributed by atoms with Crippen molar-refractivity contribution in [3.63, 3.8) is 0 Å². The molecule has 6 nitrogen and oxygen atoms in total. The van der Waals surface area contributed by atoms with Crippen molar-refractivity contribution < 1.29 is 14.3 Å². The topological polar surface area (TPSA) is 70.7 Å². The second-order valence-corrected chi connectivity index (χ2v) is 8.25. The van der Waals surface area contributed by atoms with Crippen LogP contribution in [-0.2, 0) is 11.3 Å². The van der Waals surface area contributed by atoms with Crippen molar-refractivity contribution >= 4 is 12.0 Å². The van der Waals surface area contributed by atoms with E-state index in [9.17, 15) is 9.59 Å². The van der Waals surface area contributed by atoms with Crippen LogP contribution in [-0.4, -0.2) is 43.1 Å². The van der Waals surface area contributed by atoms with Gasteiger partial charge in [0.2, 0.25) is 0 Å². The number of rotatable bonds is 7. The predicted molar refractivity (Wildman–Crippen MR) is 115 cm³/mol. The first-order valence-electron chi connectivity index (χ1n) is 9.70. The molecule has 2 amide bonds. The molecule has 0 unspecified atom stereocenters. The first kappa shape index (κ1) is 22.4. The summed E-state index contributed by atoms with van der Waals surface area (Å²) >= 11 is 0. The number of carbonyl (C=O) groups excluding carboxylic acids is 2. The lowest BCUT2D eigenvalue weighted by molar-refractivity contribution is 0.0523. The van der Waals surface area contributed by atoms with Crippen LogP contribution in [0.15, 0.2) is 54.6 Å². The molecule has 2 aromatic rings. The van der Waals surface area contributed by atoms with Gasteiger partial charge in [-0.1, -0.05) is 42.5 Å². The minimum atomic E-state index is -0.534. The number of ether oxygens (including phenoxy) is 1. The highest BCUT2D eigenvalue weighted by Gasteiger charge is 2.17. The van der Waals surface area contributed by atoms with E-state index < -0.39 is 11.7 Å². The number of benzene rings is 2. The van der Waals surface area contributed by atoms with E-state index in [-0.39, 0.29) is 11.9 Å². The molecule has 0 aromatic heterocycles. The van der Waals surface area contributed by atoms with Gasteiger partial charge in [-0.3, -0.25) is 4.79 Å². The Kier molecular flexibility index (Phi) is 7.79. The van der Waals surface area contributed by atoms with Gasteiger partial charge in [-0.2, -0.15) is 0 Å². The third kappa shape index (κ3) is 7.95. The summed E-state index contributed by atoms with van der Waals surface area (Å²) < 4.78 is 5.22. The van der Waals surface area contributed by atoms with Crippen molar-refractivity contribution in [2.75, 3.05) is 20.6 Å². The number of hydrogen-bond acceptors (Lipinski definition) is 4. The van der Waals surface area contributed by atoms with Crippen molar-refractivity contribution in [2.24, 2.45) is 0 Å². The molecular weight excluding hydrogens is 366 g/mol. The Morgan fingerprint density at radius 3 is 2.17 bits per heavy atom. The summed E-state index contributed by atoms with van der Waals surface area (Å²) in [6.45, 7) is 6.49. The number of hydrogen-bond donors (Lipinski definition) is 2. The number of likely N-dealkylation sites (N-methyl/N-ethyl adjacent to an activating group) is 1. The summed E-state index contributed by atoms with van der Waals surface area (Å²) in [6.07, 6.45) is -0.464. The van der Waals surface area contributed by atoms with Crippen LogP contribution in [0.2, 0.25) is 0 Å². The molecular formula is C23H31N3O3. The Balaban J connectivity index is 1.97. The smallest absolute Gasteiger partial charge is 0.407 e. The predicted octanol–water partition coefficient (Wildman–Crippen LogP) is 3.74. The normalized spacial score (nSPS) is 12.3. The summed E-state index contributed by atoms with van der Waals surface area (Å²) in [6, 6.07) is 17.0. The van der Waals surface area contributed by atoms with Gasteiger partial charge in [0.05, 0.1) is 6.04 Å². The van der Waals surface area contributed by atoms with E-state index in [0.717, 1.165) is 11.1 Å². The van der Waals surface area contributed by atoms with Gasteiger partial charge in [0.15, 0.2) is 0 Å². The first-order valence-corrected chi connectivity index (χ1v) is 9.70. The fourth-order valence-electron chi connectivity index (χ4n) is 2.79. The molecule has 156 valence electrons. The summed E-state index contributed by atoms with van der Waals surface area (Å²) in [5, 5.41) is 5.82. The highest BCUT2D eigenvalue weighted by molar-refractivity contribution is 5.94. The maximum absolute atomic E-state index is 12.7. The third-order valence-corrected chi connectivity index (χ3v) is 4.11. The lowest BCUT2D eigenvalue weighted by atomic mass is 10.1. The van der Waals surface area contributed by atoms with Gasteiger partial charge in [-0.05, 0) is 58.1 Å². The quantitative estimate of drug-likeness (QED) is 0.747. The van der Waals surface area contributed by atoms with Crippen molar-refractivity contribution in [1.29, 1.82) is 0 Å². The summed E-state index contributed by atoms with van der Waals surface area (Å²) in [4.78, 5) is 26.5. The van der Waals surface area contributed by atoms with Gasteiger partial charge < -0.3 is 20.3 Å². The zero-order chi connectivity index (χ0) is 21.4. The SMILES string of the molecule is CN(C)C[C@@H](NC(=O)c1ccc(CNC(=O)OC(C)(C)C)cc1)c1ccccc1. The highest BCUT2D eigenvalue weighted by Crippen LogP contribution is 2.15. The number of carbonyl (C=O) groups is 2. The molecule has 0 radical (unpaired) electrons. The zero-order valence-corrected chi connectivity index (χ0v) is 17.9. The Hall–Kier alpha value is -2.86. The van der Waals surface area contributed by atoms with Gasteiger partial charge in [0.25, 0.3) is 5.91 Å².